The Bertz CT molecular complexity index is 1600. The monoisotopic (exact) mass is 547 g/mol. The third-order valence-electron chi connectivity index (χ3n) is 6.03. The highest BCUT2D eigenvalue weighted by atomic mass is 32.1. The Morgan fingerprint density at radius 1 is 1.08 bits per heavy atom. The quantitative estimate of drug-likeness (QED) is 0.274. The van der Waals surface area contributed by atoms with Gasteiger partial charge >= 0.3 is 12.1 Å². The molecule has 9 heteroatoms. The first kappa shape index (κ1) is 28.0. The molecule has 0 saturated carbocycles. The van der Waals surface area contributed by atoms with Gasteiger partial charge in [0.05, 0.1) is 12.2 Å². The second-order valence-electron chi connectivity index (χ2n) is 10.9. The van der Waals surface area contributed by atoms with Gasteiger partial charge in [0.25, 0.3) is 5.56 Å². The fourth-order valence-electron chi connectivity index (χ4n) is 4.49. The van der Waals surface area contributed by atoms with Gasteiger partial charge in [-0.3, -0.25) is 4.79 Å². The van der Waals surface area contributed by atoms with Crippen molar-refractivity contribution in [3.8, 4) is 21.7 Å². The van der Waals surface area contributed by atoms with Gasteiger partial charge in [0.15, 0.2) is 0 Å². The summed E-state index contributed by atoms with van der Waals surface area (Å²) in [5.41, 5.74) is 2.70. The van der Waals surface area contributed by atoms with E-state index in [4.69, 9.17) is 4.74 Å². The zero-order valence-corrected chi connectivity index (χ0v) is 23.8. The van der Waals surface area contributed by atoms with Gasteiger partial charge in [-0.1, -0.05) is 50.2 Å². The molecule has 0 aliphatic carbocycles. The first-order valence-electron chi connectivity index (χ1n) is 12.8. The molecule has 0 atom stereocenters. The zero-order chi connectivity index (χ0) is 28.5. The van der Waals surface area contributed by atoms with Crippen LogP contribution in [-0.2, 0) is 17.8 Å². The summed E-state index contributed by atoms with van der Waals surface area (Å²) >= 11 is 1.10. The number of carboxylic acids is 1. The van der Waals surface area contributed by atoms with Crippen molar-refractivity contribution in [1.82, 2.24) is 14.9 Å². The molecule has 0 aliphatic heterocycles. The normalized spacial score (nSPS) is 11.7. The number of amides is 1. The molecule has 204 valence electrons. The molecule has 2 N–H and O–H groups in total. The van der Waals surface area contributed by atoms with Crippen molar-refractivity contribution in [3.05, 3.63) is 75.1 Å². The Morgan fingerprint density at radius 3 is 2.36 bits per heavy atom. The number of hydrogen-bond acceptors (Lipinski definition) is 6. The summed E-state index contributed by atoms with van der Waals surface area (Å²) in [7, 11) is 0. The van der Waals surface area contributed by atoms with Crippen LogP contribution in [0, 0.1) is 12.8 Å². The molecule has 0 saturated heterocycles. The van der Waals surface area contributed by atoms with Crippen molar-refractivity contribution in [2.45, 2.75) is 60.2 Å². The number of nitrogens with zero attached hydrogens (tertiary/aromatic N) is 2. The molecule has 2 aromatic carbocycles. The number of aryl methyl sites for hydroxylation is 1. The number of fused-ring (bicyclic) bond motifs is 1. The molecule has 39 heavy (non-hydrogen) atoms. The molecular formula is C30H33N3O5S. The number of pyridine rings is 1. The Hall–Kier alpha value is -3.98. The van der Waals surface area contributed by atoms with Crippen molar-refractivity contribution in [2.24, 2.45) is 5.92 Å². The highest BCUT2D eigenvalue weighted by Gasteiger charge is 2.23. The number of carbonyl (C=O) groups excluding carboxylic acids is 1. The topological polar surface area (TPSA) is 111 Å². The Balaban J connectivity index is 1.98. The van der Waals surface area contributed by atoms with Crippen molar-refractivity contribution in [3.63, 3.8) is 0 Å². The minimum atomic E-state index is -1.02. The van der Waals surface area contributed by atoms with Crippen LogP contribution in [-0.4, -0.2) is 32.3 Å². The first-order chi connectivity index (χ1) is 18.4. The number of thiazole rings is 1. The second-order valence-corrected chi connectivity index (χ2v) is 11.9. The summed E-state index contributed by atoms with van der Waals surface area (Å²) in [6.07, 6.45) is -0.571. The van der Waals surface area contributed by atoms with E-state index in [1.54, 1.807) is 44.4 Å². The smallest absolute Gasteiger partial charge is 0.407 e. The summed E-state index contributed by atoms with van der Waals surface area (Å²) < 4.78 is 7.20. The molecule has 0 fully saturated rings. The van der Waals surface area contributed by atoms with E-state index in [-0.39, 0.29) is 22.9 Å². The maximum atomic E-state index is 13.9. The fraction of sp³-hybridized carbons (Fsp3) is 0.333. The van der Waals surface area contributed by atoms with Crippen LogP contribution in [0.15, 0.2) is 53.3 Å². The lowest BCUT2D eigenvalue weighted by molar-refractivity contribution is 0.0521. The van der Waals surface area contributed by atoms with E-state index in [0.29, 0.717) is 39.3 Å². The van der Waals surface area contributed by atoms with Gasteiger partial charge in [-0.15, -0.1) is 11.3 Å². The highest BCUT2D eigenvalue weighted by molar-refractivity contribution is 7.17. The van der Waals surface area contributed by atoms with Gasteiger partial charge in [-0.05, 0) is 56.7 Å². The Morgan fingerprint density at radius 2 is 1.77 bits per heavy atom. The predicted octanol–water partition coefficient (Wildman–Crippen LogP) is 6.48. The molecule has 0 radical (unpaired) electrons. The second kappa shape index (κ2) is 11.0. The number of alkyl carbamates (subject to hydrolysis) is 1. The molecule has 0 bridgehead atoms. The molecule has 2 aromatic heterocycles. The third kappa shape index (κ3) is 6.20. The maximum absolute atomic E-state index is 13.9. The van der Waals surface area contributed by atoms with Crippen LogP contribution in [0.25, 0.3) is 32.5 Å². The lowest BCUT2D eigenvalue weighted by Crippen LogP contribution is -2.35. The SMILES string of the molecule is Cc1nc(-c2ccc3c(=O)n(CC(C)C)c(CNC(=O)OC(C)(C)C)c(-c4ccccc4)c3c2)sc1C(=O)O. The van der Waals surface area contributed by atoms with E-state index < -0.39 is 17.7 Å². The number of carbonyl (C=O) groups is 2. The zero-order valence-electron chi connectivity index (χ0n) is 23.0. The van der Waals surface area contributed by atoms with Crippen LogP contribution in [0.3, 0.4) is 0 Å². The number of benzene rings is 2. The van der Waals surface area contributed by atoms with E-state index in [1.807, 2.05) is 50.2 Å². The van der Waals surface area contributed by atoms with Crippen molar-refractivity contribution < 1.29 is 19.4 Å². The minimum absolute atomic E-state index is 0.0841. The van der Waals surface area contributed by atoms with Gasteiger partial charge < -0.3 is 19.7 Å². The minimum Gasteiger partial charge on any atom is -0.477 e. The number of aromatic nitrogens is 2. The number of ether oxygens (including phenoxy) is 1. The van der Waals surface area contributed by atoms with Crippen LogP contribution < -0.4 is 10.9 Å². The summed E-state index contributed by atoms with van der Waals surface area (Å²) in [6, 6.07) is 15.2. The van der Waals surface area contributed by atoms with E-state index >= 15 is 0 Å². The van der Waals surface area contributed by atoms with Gasteiger partial charge in [0, 0.05) is 28.8 Å². The van der Waals surface area contributed by atoms with Crippen LogP contribution in [0.1, 0.15) is 55.7 Å². The van der Waals surface area contributed by atoms with Gasteiger partial charge in [0.2, 0.25) is 0 Å². The first-order valence-corrected chi connectivity index (χ1v) is 13.6. The molecule has 8 nitrogen and oxygen atoms in total. The summed E-state index contributed by atoms with van der Waals surface area (Å²) in [4.78, 5) is 42.8. The molecular weight excluding hydrogens is 514 g/mol. The summed E-state index contributed by atoms with van der Waals surface area (Å²) in [6.45, 7) is 11.7. The van der Waals surface area contributed by atoms with Crippen molar-refractivity contribution in [2.75, 3.05) is 0 Å². The predicted molar refractivity (Wildman–Crippen MR) is 154 cm³/mol. The lowest BCUT2D eigenvalue weighted by atomic mass is 9.95. The third-order valence-corrected chi connectivity index (χ3v) is 7.22. The number of hydrogen-bond donors (Lipinski definition) is 2. The van der Waals surface area contributed by atoms with Crippen LogP contribution >= 0.6 is 11.3 Å². The van der Waals surface area contributed by atoms with Crippen LogP contribution in [0.5, 0.6) is 0 Å². The lowest BCUT2D eigenvalue weighted by Gasteiger charge is -2.23. The number of nitrogens with one attached hydrogen (secondary N) is 1. The summed E-state index contributed by atoms with van der Waals surface area (Å²) in [5, 5.41) is 14.2. The van der Waals surface area contributed by atoms with E-state index in [9.17, 15) is 19.5 Å². The molecule has 0 aliphatic rings. The van der Waals surface area contributed by atoms with Crippen molar-refractivity contribution in [1.29, 1.82) is 0 Å². The highest BCUT2D eigenvalue weighted by Crippen LogP contribution is 2.35. The molecule has 0 spiro atoms. The Kier molecular flexibility index (Phi) is 7.92. The average molecular weight is 548 g/mol. The van der Waals surface area contributed by atoms with Gasteiger partial charge in [-0.2, -0.15) is 0 Å². The molecule has 0 unspecified atom stereocenters. The van der Waals surface area contributed by atoms with E-state index in [0.717, 1.165) is 22.5 Å². The molecule has 4 aromatic rings. The fourth-order valence-corrected chi connectivity index (χ4v) is 5.39. The van der Waals surface area contributed by atoms with E-state index in [1.165, 1.54) is 0 Å². The number of rotatable bonds is 7. The summed E-state index contributed by atoms with van der Waals surface area (Å²) in [5.74, 6) is -0.842. The average Bonchev–Trinajstić information content (AvgIpc) is 3.25. The number of aromatic carboxylic acids is 1. The number of carboxylic acid groups (broad SMARTS) is 1. The van der Waals surface area contributed by atoms with Crippen LogP contribution in [0.4, 0.5) is 4.79 Å². The van der Waals surface area contributed by atoms with Crippen LogP contribution in [0.2, 0.25) is 0 Å². The van der Waals surface area contributed by atoms with Crippen molar-refractivity contribution >= 4 is 34.2 Å². The molecule has 2 heterocycles. The Labute approximate surface area is 231 Å². The largest absolute Gasteiger partial charge is 0.477 e. The maximum Gasteiger partial charge on any atom is 0.407 e. The standard InChI is InChI=1S/C30H33N3O5S/c1-17(2)16-33-23(15-31-29(37)38-30(4,5)6)24(19-10-8-7-9-11-19)22-14-20(12-13-21(22)27(33)34)26-32-18(3)25(39-26)28(35)36/h7-14,17H,15-16H2,1-6H3,(H,31,37)(H,35,36). The van der Waals surface area contributed by atoms with Gasteiger partial charge in [0.1, 0.15) is 15.5 Å². The molecule has 4 rings (SSSR count). The molecule has 1 amide bonds. The van der Waals surface area contributed by atoms with Gasteiger partial charge in [-0.25, -0.2) is 14.6 Å². The van der Waals surface area contributed by atoms with E-state index in [2.05, 4.69) is 10.3 Å².